The number of rotatable bonds is 7. The number of ether oxygens (including phenoxy) is 2. The van der Waals surface area contributed by atoms with Gasteiger partial charge in [-0.15, -0.1) is 0 Å². The highest BCUT2D eigenvalue weighted by molar-refractivity contribution is 6.33. The Bertz CT molecular complexity index is 819. The van der Waals surface area contributed by atoms with E-state index in [1.165, 1.54) is 7.11 Å². The maximum Gasteiger partial charge on any atom is 0.340 e. The molecule has 1 heterocycles. The van der Waals surface area contributed by atoms with E-state index in [-0.39, 0.29) is 5.97 Å². The second-order valence-corrected chi connectivity index (χ2v) is 7.71. The number of esters is 2. The van der Waals surface area contributed by atoms with E-state index < -0.39 is 17.6 Å². The predicted octanol–water partition coefficient (Wildman–Crippen LogP) is 3.56. The fourth-order valence-corrected chi connectivity index (χ4v) is 2.80. The summed E-state index contributed by atoms with van der Waals surface area (Å²) in [6.07, 6.45) is 2.08. The largest absolute Gasteiger partial charge is 0.468 e. The first kappa shape index (κ1) is 21.9. The fourth-order valence-electron chi connectivity index (χ4n) is 2.52. The average molecular weight is 405 g/mol. The zero-order chi connectivity index (χ0) is 20.7. The van der Waals surface area contributed by atoms with Crippen LogP contribution in [0.5, 0.6) is 0 Å². The van der Waals surface area contributed by atoms with Crippen LogP contribution in [0.4, 0.5) is 0 Å². The first-order valence-electron chi connectivity index (χ1n) is 8.92. The summed E-state index contributed by atoms with van der Waals surface area (Å²) in [6.45, 7) is 5.77. The van der Waals surface area contributed by atoms with Crippen LogP contribution in [0.25, 0.3) is 0 Å². The zero-order valence-corrected chi connectivity index (χ0v) is 17.2. The summed E-state index contributed by atoms with van der Waals surface area (Å²) in [4.78, 5) is 28.5. The lowest BCUT2D eigenvalue weighted by Crippen LogP contribution is -2.39. The van der Waals surface area contributed by atoms with Gasteiger partial charge in [-0.25, -0.2) is 4.79 Å². The highest BCUT2D eigenvalue weighted by atomic mass is 35.5. The maximum absolute atomic E-state index is 12.2. The van der Waals surface area contributed by atoms with Gasteiger partial charge in [-0.1, -0.05) is 23.7 Å². The molecule has 0 bridgehead atoms. The van der Waals surface area contributed by atoms with Crippen LogP contribution in [-0.4, -0.2) is 35.7 Å². The van der Waals surface area contributed by atoms with Crippen LogP contribution in [0.15, 0.2) is 42.6 Å². The number of nitrogens with one attached hydrogen (secondary N) is 1. The molecule has 0 amide bonds. The third-order valence-corrected chi connectivity index (χ3v) is 4.14. The van der Waals surface area contributed by atoms with E-state index in [0.29, 0.717) is 23.6 Å². The van der Waals surface area contributed by atoms with Gasteiger partial charge in [0.2, 0.25) is 0 Å². The molecule has 2 aromatic rings. The summed E-state index contributed by atoms with van der Waals surface area (Å²) in [5.41, 5.74) is 1.31. The third kappa shape index (κ3) is 6.62. The van der Waals surface area contributed by atoms with Gasteiger partial charge in [-0.2, -0.15) is 0 Å². The van der Waals surface area contributed by atoms with E-state index in [1.807, 2.05) is 18.2 Å². The van der Waals surface area contributed by atoms with Gasteiger partial charge in [0.1, 0.15) is 11.6 Å². The van der Waals surface area contributed by atoms with E-state index >= 15 is 0 Å². The van der Waals surface area contributed by atoms with Gasteiger partial charge < -0.3 is 9.47 Å². The molecular weight excluding hydrogens is 380 g/mol. The molecule has 1 unspecified atom stereocenters. The van der Waals surface area contributed by atoms with Crippen LogP contribution in [0.2, 0.25) is 5.02 Å². The molecule has 0 saturated heterocycles. The van der Waals surface area contributed by atoms with E-state index in [4.69, 9.17) is 21.1 Å². The summed E-state index contributed by atoms with van der Waals surface area (Å²) in [6, 6.07) is 10.1. The molecule has 0 aliphatic rings. The minimum Gasteiger partial charge on any atom is -0.468 e. The Morgan fingerprint density at radius 1 is 1.21 bits per heavy atom. The number of aromatic nitrogens is 1. The second-order valence-electron chi connectivity index (χ2n) is 7.30. The molecule has 0 saturated carbocycles. The average Bonchev–Trinajstić information content (AvgIpc) is 2.63. The quantitative estimate of drug-likeness (QED) is 0.711. The number of pyridine rings is 1. The van der Waals surface area contributed by atoms with Crippen LogP contribution in [-0.2, 0) is 27.2 Å². The number of nitrogens with zero attached hydrogens (tertiary/aromatic N) is 1. The molecule has 1 aromatic carbocycles. The van der Waals surface area contributed by atoms with E-state index in [1.54, 1.807) is 45.2 Å². The van der Waals surface area contributed by atoms with Gasteiger partial charge in [0.15, 0.2) is 0 Å². The number of halogens is 1. The second kappa shape index (κ2) is 9.66. The van der Waals surface area contributed by atoms with Crippen molar-refractivity contribution in [2.24, 2.45) is 0 Å². The molecule has 1 N–H and O–H groups in total. The molecule has 0 aliphatic carbocycles. The molecule has 0 aliphatic heterocycles. The topological polar surface area (TPSA) is 77.5 Å². The van der Waals surface area contributed by atoms with Gasteiger partial charge in [0, 0.05) is 24.9 Å². The Morgan fingerprint density at radius 3 is 2.54 bits per heavy atom. The molecule has 1 aromatic heterocycles. The van der Waals surface area contributed by atoms with E-state index in [0.717, 1.165) is 11.3 Å². The minimum atomic E-state index is -0.597. The summed E-state index contributed by atoms with van der Waals surface area (Å²) in [5.74, 6) is -0.846. The lowest BCUT2D eigenvalue weighted by molar-refractivity contribution is -0.143. The molecule has 2 rings (SSSR count). The van der Waals surface area contributed by atoms with Gasteiger partial charge in [0.25, 0.3) is 0 Å². The van der Waals surface area contributed by atoms with Crippen LogP contribution in [0, 0.1) is 0 Å². The highest BCUT2D eigenvalue weighted by Gasteiger charge is 2.22. The first-order valence-corrected chi connectivity index (χ1v) is 9.30. The van der Waals surface area contributed by atoms with E-state index in [9.17, 15) is 9.59 Å². The Balaban J connectivity index is 2.06. The standard InChI is InChI=1S/C21H25ClN2O4/c1-21(2,3)28-19(25)16-9-8-14(11-17(16)22)13-24-18(20(26)27-4)12-15-7-5-6-10-23-15/h5-11,18,24H,12-13H2,1-4H3. The van der Waals surface area contributed by atoms with Crippen molar-refractivity contribution in [2.45, 2.75) is 45.4 Å². The Hall–Kier alpha value is -2.44. The Morgan fingerprint density at radius 2 is 1.96 bits per heavy atom. The molecule has 0 fully saturated rings. The van der Waals surface area contributed by atoms with Gasteiger partial charge in [0.05, 0.1) is 17.7 Å². The zero-order valence-electron chi connectivity index (χ0n) is 16.5. The number of hydrogen-bond acceptors (Lipinski definition) is 6. The molecule has 1 atom stereocenters. The Labute approximate surface area is 170 Å². The van der Waals surface area contributed by atoms with Crippen LogP contribution in [0.3, 0.4) is 0 Å². The van der Waals surface area contributed by atoms with Crippen LogP contribution >= 0.6 is 11.6 Å². The van der Waals surface area contributed by atoms with Crippen molar-refractivity contribution < 1.29 is 19.1 Å². The van der Waals surface area contributed by atoms with Crippen LogP contribution in [0.1, 0.15) is 42.4 Å². The third-order valence-electron chi connectivity index (χ3n) is 3.83. The van der Waals surface area contributed by atoms with Crippen molar-refractivity contribution in [3.05, 3.63) is 64.4 Å². The molecular formula is C21H25ClN2O4. The SMILES string of the molecule is COC(=O)C(Cc1ccccn1)NCc1ccc(C(=O)OC(C)(C)C)c(Cl)c1. The van der Waals surface area contributed by atoms with Gasteiger partial charge in [-0.05, 0) is 50.6 Å². The lowest BCUT2D eigenvalue weighted by Gasteiger charge is -2.20. The smallest absolute Gasteiger partial charge is 0.340 e. The summed E-state index contributed by atoms with van der Waals surface area (Å²) < 4.78 is 10.2. The Kier molecular flexibility index (Phi) is 7.54. The maximum atomic E-state index is 12.2. The minimum absolute atomic E-state index is 0.299. The monoisotopic (exact) mass is 404 g/mol. The van der Waals surface area contributed by atoms with Gasteiger partial charge >= 0.3 is 11.9 Å². The van der Waals surface area contributed by atoms with Crippen molar-refractivity contribution in [1.29, 1.82) is 0 Å². The predicted molar refractivity (Wildman–Crippen MR) is 107 cm³/mol. The molecule has 150 valence electrons. The van der Waals surface area contributed by atoms with Crippen molar-refractivity contribution >= 4 is 23.5 Å². The van der Waals surface area contributed by atoms with E-state index in [2.05, 4.69) is 10.3 Å². The van der Waals surface area contributed by atoms with Crippen molar-refractivity contribution in [2.75, 3.05) is 7.11 Å². The highest BCUT2D eigenvalue weighted by Crippen LogP contribution is 2.21. The normalized spacial score (nSPS) is 12.3. The number of methoxy groups -OCH3 is 1. The summed E-state index contributed by atoms with van der Waals surface area (Å²) in [5, 5.41) is 3.46. The molecule has 0 spiro atoms. The van der Waals surface area contributed by atoms with Crippen molar-refractivity contribution in [1.82, 2.24) is 10.3 Å². The number of carbonyl (C=O) groups is 2. The summed E-state index contributed by atoms with van der Waals surface area (Å²) >= 11 is 6.26. The van der Waals surface area contributed by atoms with Crippen molar-refractivity contribution in [3.63, 3.8) is 0 Å². The molecule has 7 heteroatoms. The van der Waals surface area contributed by atoms with Crippen molar-refractivity contribution in [3.8, 4) is 0 Å². The molecule has 6 nitrogen and oxygen atoms in total. The van der Waals surface area contributed by atoms with Gasteiger partial charge in [-0.3, -0.25) is 15.1 Å². The number of carbonyl (C=O) groups excluding carboxylic acids is 2. The fraction of sp³-hybridized carbons (Fsp3) is 0.381. The summed E-state index contributed by atoms with van der Waals surface area (Å²) in [7, 11) is 1.35. The number of benzene rings is 1. The number of hydrogen-bond donors (Lipinski definition) is 1. The molecule has 28 heavy (non-hydrogen) atoms. The first-order chi connectivity index (χ1) is 13.2. The van der Waals surface area contributed by atoms with Crippen LogP contribution < -0.4 is 5.32 Å². The lowest BCUT2D eigenvalue weighted by atomic mass is 10.1. The molecule has 0 radical (unpaired) electrons.